The van der Waals surface area contributed by atoms with Gasteiger partial charge in [0.05, 0.1) is 11.6 Å². The van der Waals surface area contributed by atoms with Crippen LogP contribution in [0.4, 0.5) is 0 Å². The van der Waals surface area contributed by atoms with Crippen LogP contribution in [0.25, 0.3) is 10.9 Å². The first-order valence-electron chi connectivity index (χ1n) is 6.90. The predicted octanol–water partition coefficient (Wildman–Crippen LogP) is 3.88. The molecule has 2 heterocycles. The van der Waals surface area contributed by atoms with E-state index in [9.17, 15) is 4.79 Å². The first-order valence-corrected chi connectivity index (χ1v) is 7.70. The smallest absolute Gasteiger partial charge is 0.270 e. The summed E-state index contributed by atoms with van der Waals surface area (Å²) in [6.07, 6.45) is 3.40. The van der Waals surface area contributed by atoms with Gasteiger partial charge in [-0.05, 0) is 42.8 Å². The molecule has 0 radical (unpaired) electrons. The maximum Gasteiger partial charge on any atom is 0.270 e. The van der Waals surface area contributed by atoms with E-state index in [4.69, 9.17) is 0 Å². The molecule has 3 rings (SSSR count). The van der Waals surface area contributed by atoms with Crippen molar-refractivity contribution in [1.29, 1.82) is 0 Å². The van der Waals surface area contributed by atoms with E-state index >= 15 is 0 Å². The molecule has 0 saturated carbocycles. The molecule has 22 heavy (non-hydrogen) atoms. The van der Waals surface area contributed by atoms with Crippen molar-refractivity contribution in [3.05, 3.63) is 70.6 Å². The molecule has 1 atom stereocenters. The van der Waals surface area contributed by atoms with E-state index < -0.39 is 0 Å². The lowest BCUT2D eigenvalue weighted by molar-refractivity contribution is 0.0935. The molecular weight excluding hydrogens is 342 g/mol. The maximum absolute atomic E-state index is 12.3. The van der Waals surface area contributed by atoms with Gasteiger partial charge in [0.2, 0.25) is 0 Å². The van der Waals surface area contributed by atoms with Crippen molar-refractivity contribution in [2.24, 2.45) is 0 Å². The first-order chi connectivity index (χ1) is 10.6. The van der Waals surface area contributed by atoms with E-state index in [0.717, 1.165) is 20.9 Å². The molecule has 0 spiro atoms. The van der Waals surface area contributed by atoms with Crippen LogP contribution in [0.5, 0.6) is 0 Å². The van der Waals surface area contributed by atoms with Gasteiger partial charge in [-0.2, -0.15) is 0 Å². The summed E-state index contributed by atoms with van der Waals surface area (Å²) < 4.78 is 1.01. The van der Waals surface area contributed by atoms with Crippen LogP contribution in [0.3, 0.4) is 0 Å². The standard InChI is InChI=1S/C17H14BrN3O/c1-11(12-2-5-14(18)6-3-12)20-17(22)16-7-4-13-10-19-9-8-15(13)21-16/h2-11H,1H3,(H,20,22). The Morgan fingerprint density at radius 3 is 2.68 bits per heavy atom. The quantitative estimate of drug-likeness (QED) is 0.775. The van der Waals surface area contributed by atoms with Gasteiger partial charge < -0.3 is 5.32 Å². The average molecular weight is 356 g/mol. The minimum atomic E-state index is -0.186. The van der Waals surface area contributed by atoms with Crippen molar-refractivity contribution in [1.82, 2.24) is 15.3 Å². The summed E-state index contributed by atoms with van der Waals surface area (Å²) in [5.74, 6) is -0.186. The van der Waals surface area contributed by atoms with Gasteiger partial charge in [0, 0.05) is 22.3 Å². The van der Waals surface area contributed by atoms with E-state index in [1.807, 2.05) is 37.3 Å². The van der Waals surface area contributed by atoms with Crippen molar-refractivity contribution in [2.45, 2.75) is 13.0 Å². The number of halogens is 1. The van der Waals surface area contributed by atoms with Gasteiger partial charge in [0.25, 0.3) is 5.91 Å². The summed E-state index contributed by atoms with van der Waals surface area (Å²) in [5, 5.41) is 3.88. The molecule has 1 unspecified atom stereocenters. The van der Waals surface area contributed by atoms with E-state index in [2.05, 4.69) is 31.2 Å². The predicted molar refractivity (Wildman–Crippen MR) is 89.6 cm³/mol. The highest BCUT2D eigenvalue weighted by atomic mass is 79.9. The molecule has 0 fully saturated rings. The summed E-state index contributed by atoms with van der Waals surface area (Å²) in [5.41, 5.74) is 2.21. The van der Waals surface area contributed by atoms with Crippen LogP contribution in [0.2, 0.25) is 0 Å². The van der Waals surface area contributed by atoms with E-state index in [1.54, 1.807) is 24.5 Å². The third-order valence-corrected chi connectivity index (χ3v) is 3.97. The Morgan fingerprint density at radius 1 is 1.14 bits per heavy atom. The van der Waals surface area contributed by atoms with Crippen molar-refractivity contribution in [3.63, 3.8) is 0 Å². The molecule has 5 heteroatoms. The Labute approximate surface area is 136 Å². The van der Waals surface area contributed by atoms with Gasteiger partial charge >= 0.3 is 0 Å². The highest BCUT2D eigenvalue weighted by Gasteiger charge is 2.13. The number of hydrogen-bond acceptors (Lipinski definition) is 3. The molecule has 0 aliphatic heterocycles. The van der Waals surface area contributed by atoms with Crippen LogP contribution in [-0.4, -0.2) is 15.9 Å². The number of pyridine rings is 2. The zero-order chi connectivity index (χ0) is 15.5. The average Bonchev–Trinajstić information content (AvgIpc) is 2.55. The van der Waals surface area contributed by atoms with E-state index in [0.29, 0.717) is 5.69 Å². The van der Waals surface area contributed by atoms with Crippen LogP contribution >= 0.6 is 15.9 Å². The topological polar surface area (TPSA) is 54.9 Å². The third-order valence-electron chi connectivity index (χ3n) is 3.44. The van der Waals surface area contributed by atoms with Crippen LogP contribution in [0.1, 0.15) is 29.0 Å². The molecule has 110 valence electrons. The number of rotatable bonds is 3. The number of carbonyl (C=O) groups is 1. The summed E-state index contributed by atoms with van der Waals surface area (Å²) in [6, 6.07) is 13.2. The molecule has 2 aromatic heterocycles. The van der Waals surface area contributed by atoms with Gasteiger partial charge in [-0.25, -0.2) is 4.98 Å². The summed E-state index contributed by atoms with van der Waals surface area (Å²) >= 11 is 3.40. The zero-order valence-corrected chi connectivity index (χ0v) is 13.5. The van der Waals surface area contributed by atoms with Gasteiger partial charge in [0.1, 0.15) is 5.69 Å². The normalized spacial score (nSPS) is 12.1. The van der Waals surface area contributed by atoms with Crippen molar-refractivity contribution in [3.8, 4) is 0 Å². The highest BCUT2D eigenvalue weighted by molar-refractivity contribution is 9.10. The number of nitrogens with zero attached hydrogens (tertiary/aromatic N) is 2. The van der Waals surface area contributed by atoms with Gasteiger partial charge in [-0.3, -0.25) is 9.78 Å². The Morgan fingerprint density at radius 2 is 1.91 bits per heavy atom. The second-order valence-electron chi connectivity index (χ2n) is 5.01. The Kier molecular flexibility index (Phi) is 4.15. The third kappa shape index (κ3) is 3.14. The Balaban J connectivity index is 1.79. The van der Waals surface area contributed by atoms with Crippen molar-refractivity contribution >= 4 is 32.7 Å². The number of nitrogens with one attached hydrogen (secondary N) is 1. The molecule has 1 aromatic carbocycles. The SMILES string of the molecule is CC(NC(=O)c1ccc2cnccc2n1)c1ccc(Br)cc1. The molecule has 0 aliphatic carbocycles. The van der Waals surface area contributed by atoms with Gasteiger partial charge in [-0.15, -0.1) is 0 Å². The van der Waals surface area contributed by atoms with E-state index in [1.165, 1.54) is 0 Å². The van der Waals surface area contributed by atoms with E-state index in [-0.39, 0.29) is 11.9 Å². The molecule has 4 nitrogen and oxygen atoms in total. The van der Waals surface area contributed by atoms with Gasteiger partial charge in [-0.1, -0.05) is 28.1 Å². The van der Waals surface area contributed by atoms with Gasteiger partial charge in [0.15, 0.2) is 0 Å². The van der Waals surface area contributed by atoms with Crippen LogP contribution in [0.15, 0.2) is 59.3 Å². The fraction of sp³-hybridized carbons (Fsp3) is 0.118. The summed E-state index contributed by atoms with van der Waals surface area (Å²) in [7, 11) is 0. The Bertz CT molecular complexity index is 818. The molecule has 1 amide bonds. The van der Waals surface area contributed by atoms with Crippen LogP contribution in [-0.2, 0) is 0 Å². The molecular formula is C17H14BrN3O. The molecule has 0 saturated heterocycles. The van der Waals surface area contributed by atoms with Crippen LogP contribution < -0.4 is 5.32 Å². The molecule has 1 N–H and O–H groups in total. The lowest BCUT2D eigenvalue weighted by atomic mass is 10.1. The fourth-order valence-corrected chi connectivity index (χ4v) is 2.46. The number of amides is 1. The fourth-order valence-electron chi connectivity index (χ4n) is 2.20. The Hall–Kier alpha value is -2.27. The number of benzene rings is 1. The number of aromatic nitrogens is 2. The number of fused-ring (bicyclic) bond motifs is 1. The minimum absolute atomic E-state index is 0.0875. The summed E-state index contributed by atoms with van der Waals surface area (Å²) in [6.45, 7) is 1.95. The van der Waals surface area contributed by atoms with Crippen molar-refractivity contribution < 1.29 is 4.79 Å². The summed E-state index contributed by atoms with van der Waals surface area (Å²) in [4.78, 5) is 20.8. The maximum atomic E-state index is 12.3. The largest absolute Gasteiger partial charge is 0.344 e. The molecule has 3 aromatic rings. The molecule has 0 bridgehead atoms. The number of hydrogen-bond donors (Lipinski definition) is 1. The van der Waals surface area contributed by atoms with Crippen molar-refractivity contribution in [2.75, 3.05) is 0 Å². The highest BCUT2D eigenvalue weighted by Crippen LogP contribution is 2.17. The second kappa shape index (κ2) is 6.23. The lowest BCUT2D eigenvalue weighted by Gasteiger charge is -2.14. The number of carbonyl (C=O) groups excluding carboxylic acids is 1. The lowest BCUT2D eigenvalue weighted by Crippen LogP contribution is -2.27. The first kappa shape index (κ1) is 14.7. The second-order valence-corrected chi connectivity index (χ2v) is 5.93. The minimum Gasteiger partial charge on any atom is -0.344 e. The van der Waals surface area contributed by atoms with Crippen LogP contribution in [0, 0.1) is 0 Å². The monoisotopic (exact) mass is 355 g/mol. The zero-order valence-electron chi connectivity index (χ0n) is 12.0. The molecule has 0 aliphatic rings.